The van der Waals surface area contributed by atoms with E-state index in [1.54, 1.807) is 0 Å². The van der Waals surface area contributed by atoms with Crippen LogP contribution in [-0.4, -0.2) is 6.61 Å². The van der Waals surface area contributed by atoms with E-state index in [0.717, 1.165) is 6.61 Å². The van der Waals surface area contributed by atoms with Crippen LogP contribution in [0.1, 0.15) is 6.92 Å². The second kappa shape index (κ2) is 6.54. The van der Waals surface area contributed by atoms with E-state index in [9.17, 15) is 0 Å². The number of hydrogen-bond donors (Lipinski definition) is 0. The van der Waals surface area contributed by atoms with Crippen LogP contribution >= 0.6 is 0 Å². The molecule has 0 aliphatic rings. The summed E-state index contributed by atoms with van der Waals surface area (Å²) < 4.78 is 7.17. The molecule has 3 heteroatoms. The van der Waals surface area contributed by atoms with Crippen molar-refractivity contribution in [2.24, 2.45) is 0 Å². The van der Waals surface area contributed by atoms with Crippen LogP contribution in [0.4, 0.5) is 0 Å². The fourth-order valence-corrected chi connectivity index (χ4v) is 0.717. The third-order valence-corrected chi connectivity index (χ3v) is 1.22. The summed E-state index contributed by atoms with van der Waals surface area (Å²) in [4.78, 5) is 0. The van der Waals surface area contributed by atoms with Crippen molar-refractivity contribution >= 4 is 0 Å². The molecule has 11 heavy (non-hydrogen) atoms. The van der Waals surface area contributed by atoms with Crippen LogP contribution < -0.4 is 28.5 Å². The fraction of sp³-hybridized carbons (Fsp3) is 0.375. The highest BCUT2D eigenvalue weighted by Crippen LogP contribution is 1.77. The van der Waals surface area contributed by atoms with Gasteiger partial charge >= 0.3 is 0 Å². The average Bonchev–Trinajstić information content (AvgIpc) is 2.03. The third kappa shape index (κ3) is 4.31. The number of hydrogen-bond acceptors (Lipinski definition) is 1. The molecule has 0 amide bonds. The van der Waals surface area contributed by atoms with Gasteiger partial charge in [-0.15, -0.1) is 0 Å². The highest BCUT2D eigenvalue weighted by Gasteiger charge is 1.92. The van der Waals surface area contributed by atoms with E-state index in [2.05, 4.69) is 0 Å². The van der Waals surface area contributed by atoms with Gasteiger partial charge in [0.1, 0.15) is 0 Å². The first kappa shape index (κ1) is 10.8. The maximum atomic E-state index is 5.18. The molecule has 0 saturated heterocycles. The Bertz CT molecular complexity index is 179. The van der Waals surface area contributed by atoms with Gasteiger partial charge in [-0.1, -0.05) is 6.07 Å². The van der Waals surface area contributed by atoms with Crippen LogP contribution in [0.2, 0.25) is 0 Å². The van der Waals surface area contributed by atoms with E-state index < -0.39 is 0 Å². The molecule has 0 aliphatic heterocycles. The summed E-state index contributed by atoms with van der Waals surface area (Å²) in [5.41, 5.74) is 0. The molecule has 62 valence electrons. The molecule has 1 heterocycles. The van der Waals surface area contributed by atoms with Crippen molar-refractivity contribution in [2.45, 2.75) is 13.7 Å². The fourth-order valence-electron chi connectivity index (χ4n) is 0.717. The molecule has 0 atom stereocenters. The minimum atomic E-state index is 0. The Labute approximate surface area is 84.2 Å². The Hall–Kier alpha value is -0.160. The summed E-state index contributed by atoms with van der Waals surface area (Å²) in [5.74, 6) is 0. The Kier molecular flexibility index (Phi) is 6.45. The monoisotopic (exact) mass is 265 g/mol. The Morgan fingerprint density at radius 1 is 1.18 bits per heavy atom. The number of pyridine rings is 1. The molecule has 0 saturated carbocycles. The molecule has 1 rings (SSSR count). The molecule has 2 nitrogen and oxygen atoms in total. The zero-order chi connectivity index (χ0) is 7.23. The van der Waals surface area contributed by atoms with Gasteiger partial charge in [0, 0.05) is 12.1 Å². The predicted molar refractivity (Wildman–Crippen MR) is 38.3 cm³/mol. The molecule has 0 fully saturated rings. The molecule has 0 N–H and O–H groups in total. The van der Waals surface area contributed by atoms with Gasteiger partial charge in [-0.25, -0.2) is 0 Å². The third-order valence-electron chi connectivity index (χ3n) is 1.22. The first-order chi connectivity index (χ1) is 4.93. The number of ether oxygens (including phenoxy) is 1. The molecule has 0 spiro atoms. The van der Waals surface area contributed by atoms with E-state index in [-0.39, 0.29) is 24.0 Å². The van der Waals surface area contributed by atoms with Crippen LogP contribution in [0.3, 0.4) is 0 Å². The molecular weight excluding hydrogens is 253 g/mol. The van der Waals surface area contributed by atoms with Gasteiger partial charge in [0.15, 0.2) is 12.4 Å². The van der Waals surface area contributed by atoms with Crippen molar-refractivity contribution in [3.05, 3.63) is 30.6 Å². The van der Waals surface area contributed by atoms with Gasteiger partial charge in [-0.2, -0.15) is 4.57 Å². The normalized spacial score (nSPS) is 8.82. The van der Waals surface area contributed by atoms with Crippen molar-refractivity contribution in [1.29, 1.82) is 0 Å². The van der Waals surface area contributed by atoms with Crippen molar-refractivity contribution < 1.29 is 33.3 Å². The van der Waals surface area contributed by atoms with Crippen LogP contribution in [0.25, 0.3) is 0 Å². The SMILES string of the molecule is CCOC[n+]1ccccc1.[I-]. The zero-order valence-electron chi connectivity index (χ0n) is 6.53. The lowest BCUT2D eigenvalue weighted by Crippen LogP contribution is -3.00. The Balaban J connectivity index is 0.000001000. The van der Waals surface area contributed by atoms with Crippen molar-refractivity contribution in [3.63, 3.8) is 0 Å². The predicted octanol–water partition coefficient (Wildman–Crippen LogP) is -2.03. The van der Waals surface area contributed by atoms with Crippen molar-refractivity contribution in [1.82, 2.24) is 0 Å². The van der Waals surface area contributed by atoms with Gasteiger partial charge in [0.25, 0.3) is 6.73 Å². The lowest BCUT2D eigenvalue weighted by molar-refractivity contribution is -0.732. The van der Waals surface area contributed by atoms with Gasteiger partial charge in [-0.05, 0) is 6.92 Å². The summed E-state index contributed by atoms with van der Waals surface area (Å²) >= 11 is 0. The number of nitrogens with zero attached hydrogens (tertiary/aromatic N) is 1. The molecular formula is C8H12INO. The zero-order valence-corrected chi connectivity index (χ0v) is 8.69. The first-order valence-electron chi connectivity index (χ1n) is 3.45. The molecule has 0 aliphatic carbocycles. The van der Waals surface area contributed by atoms with Gasteiger partial charge in [0.2, 0.25) is 0 Å². The minimum absolute atomic E-state index is 0. The smallest absolute Gasteiger partial charge is 0.252 e. The van der Waals surface area contributed by atoms with Crippen molar-refractivity contribution in [3.8, 4) is 0 Å². The quantitative estimate of drug-likeness (QED) is 0.454. The maximum Gasteiger partial charge on any atom is 0.252 e. The van der Waals surface area contributed by atoms with E-state index in [4.69, 9.17) is 4.74 Å². The van der Waals surface area contributed by atoms with Crippen LogP contribution in [0.15, 0.2) is 30.6 Å². The molecule has 1 aromatic heterocycles. The standard InChI is InChI=1S/C8H12NO.HI/c1-2-10-8-9-6-4-3-5-7-9;/h3-7H,2,8H2,1H3;1H/q+1;/p-1. The van der Waals surface area contributed by atoms with E-state index in [0.29, 0.717) is 6.73 Å². The number of aromatic nitrogens is 1. The van der Waals surface area contributed by atoms with Crippen LogP contribution in [0, 0.1) is 0 Å². The van der Waals surface area contributed by atoms with Crippen LogP contribution in [0.5, 0.6) is 0 Å². The molecule has 0 unspecified atom stereocenters. The molecule has 1 aromatic rings. The van der Waals surface area contributed by atoms with Gasteiger partial charge in [0.05, 0.1) is 6.61 Å². The van der Waals surface area contributed by atoms with Crippen LogP contribution in [-0.2, 0) is 11.5 Å². The van der Waals surface area contributed by atoms with Crippen molar-refractivity contribution in [2.75, 3.05) is 6.61 Å². The lowest BCUT2D eigenvalue weighted by atomic mass is 10.5. The lowest BCUT2D eigenvalue weighted by Gasteiger charge is -1.93. The van der Waals surface area contributed by atoms with E-state index in [1.165, 1.54) is 0 Å². The summed E-state index contributed by atoms with van der Waals surface area (Å²) in [6.07, 6.45) is 3.96. The largest absolute Gasteiger partial charge is 1.00 e. The molecule has 0 bridgehead atoms. The summed E-state index contributed by atoms with van der Waals surface area (Å²) in [5, 5.41) is 0. The summed E-state index contributed by atoms with van der Waals surface area (Å²) in [6, 6.07) is 5.96. The second-order valence-corrected chi connectivity index (χ2v) is 2.01. The summed E-state index contributed by atoms with van der Waals surface area (Å²) in [7, 11) is 0. The topological polar surface area (TPSA) is 13.1 Å². The number of halogens is 1. The molecule has 0 aromatic carbocycles. The minimum Gasteiger partial charge on any atom is -1.00 e. The van der Waals surface area contributed by atoms with Gasteiger partial charge in [-0.3, -0.25) is 0 Å². The number of rotatable bonds is 3. The highest BCUT2D eigenvalue weighted by atomic mass is 127. The Morgan fingerprint density at radius 2 is 1.82 bits per heavy atom. The van der Waals surface area contributed by atoms with E-state index in [1.807, 2.05) is 42.1 Å². The first-order valence-corrected chi connectivity index (χ1v) is 3.45. The maximum absolute atomic E-state index is 5.18. The molecule has 0 radical (unpaired) electrons. The second-order valence-electron chi connectivity index (χ2n) is 2.01. The highest BCUT2D eigenvalue weighted by molar-refractivity contribution is 4.83. The van der Waals surface area contributed by atoms with E-state index >= 15 is 0 Å². The average molecular weight is 265 g/mol. The Morgan fingerprint density at radius 3 is 2.36 bits per heavy atom. The summed E-state index contributed by atoms with van der Waals surface area (Å²) in [6.45, 7) is 3.41. The van der Waals surface area contributed by atoms with Gasteiger partial charge < -0.3 is 28.7 Å².